The van der Waals surface area contributed by atoms with E-state index in [-0.39, 0.29) is 30.3 Å². The Hall–Kier alpha value is -3.65. The molecule has 3 rings (SSSR count). The van der Waals surface area contributed by atoms with Crippen LogP contribution in [0.3, 0.4) is 0 Å². The molecule has 0 N–H and O–H groups in total. The van der Waals surface area contributed by atoms with Crippen LogP contribution in [-0.4, -0.2) is 35.8 Å². The van der Waals surface area contributed by atoms with Crippen molar-refractivity contribution in [3.63, 3.8) is 0 Å². The highest BCUT2D eigenvalue weighted by Crippen LogP contribution is 2.45. The Morgan fingerprint density at radius 2 is 1.45 bits per heavy atom. The van der Waals surface area contributed by atoms with Crippen LogP contribution in [0.25, 0.3) is 0 Å². The maximum absolute atomic E-state index is 13.6. The molecule has 0 aliphatic carbocycles. The number of alkyl halides is 9. The van der Waals surface area contributed by atoms with Crippen molar-refractivity contribution in [3.8, 4) is 0 Å². The minimum Gasteiger partial charge on any atom is -0.449 e. The molecule has 2 atom stereocenters. The van der Waals surface area contributed by atoms with E-state index in [0.717, 1.165) is 15.9 Å². The number of fused-ring (bicyclic) bond motifs is 1. The van der Waals surface area contributed by atoms with Gasteiger partial charge < -0.3 is 9.47 Å². The first-order valence-corrected chi connectivity index (χ1v) is 12.7. The van der Waals surface area contributed by atoms with Crippen LogP contribution in [0, 0.1) is 0 Å². The first kappa shape index (κ1) is 32.9. The van der Waals surface area contributed by atoms with Crippen molar-refractivity contribution in [1.82, 2.24) is 4.90 Å². The fraction of sp³-hybridized carbons (Fsp3) is 0.481. The Balaban J connectivity index is 2.22. The zero-order valence-electron chi connectivity index (χ0n) is 22.7. The van der Waals surface area contributed by atoms with Gasteiger partial charge in [-0.3, -0.25) is 9.80 Å². The molecule has 0 spiro atoms. The van der Waals surface area contributed by atoms with Crippen molar-refractivity contribution >= 4 is 17.9 Å². The molecule has 0 saturated carbocycles. The molecule has 232 valence electrons. The summed E-state index contributed by atoms with van der Waals surface area (Å²) < 4.78 is 132. The Kier molecular flexibility index (Phi) is 9.32. The summed E-state index contributed by atoms with van der Waals surface area (Å²) >= 11 is 0. The second-order valence-corrected chi connectivity index (χ2v) is 9.92. The van der Waals surface area contributed by atoms with E-state index in [1.54, 1.807) is 0 Å². The van der Waals surface area contributed by atoms with Crippen LogP contribution < -0.4 is 4.90 Å². The number of nitrogens with zero attached hydrogens (tertiary/aromatic N) is 2. The summed E-state index contributed by atoms with van der Waals surface area (Å²) in [7, 11) is 0. The Morgan fingerprint density at radius 1 is 0.905 bits per heavy atom. The van der Waals surface area contributed by atoms with Crippen molar-refractivity contribution < 1.29 is 58.6 Å². The topological polar surface area (TPSA) is 59.1 Å². The number of benzene rings is 2. The van der Waals surface area contributed by atoms with Crippen molar-refractivity contribution in [2.45, 2.75) is 77.4 Å². The molecule has 42 heavy (non-hydrogen) atoms. The summed E-state index contributed by atoms with van der Waals surface area (Å²) in [5, 5.41) is 0. The average Bonchev–Trinajstić information content (AvgIpc) is 2.84. The lowest BCUT2D eigenvalue weighted by Gasteiger charge is -2.43. The summed E-state index contributed by atoms with van der Waals surface area (Å²) in [6, 6.07) is 1.10. The van der Waals surface area contributed by atoms with Crippen molar-refractivity contribution in [3.05, 3.63) is 64.2 Å². The maximum atomic E-state index is 13.6. The zero-order chi connectivity index (χ0) is 31.8. The lowest BCUT2D eigenvalue weighted by Crippen LogP contribution is -2.48. The lowest BCUT2D eigenvalue weighted by atomic mass is 9.89. The number of carbonyl (C=O) groups is 2. The van der Waals surface area contributed by atoms with Gasteiger partial charge in [-0.1, -0.05) is 6.07 Å². The predicted octanol–water partition coefficient (Wildman–Crippen LogP) is 8.59. The zero-order valence-corrected chi connectivity index (χ0v) is 22.7. The number of carbonyl (C=O) groups excluding carboxylic acids is 2. The SMILES string of the molecule is CCOC(=O)N1c2cc(C(F)(F)F)ccc2[C@@H](N(Cc2cc(C(F)(F)F)cc(C(F)(F)F)c2)C(=O)OC(C)C)C[C@H]1C. The molecular formula is C27H27F9N2O4. The van der Waals surface area contributed by atoms with E-state index >= 15 is 0 Å². The van der Waals surface area contributed by atoms with Gasteiger partial charge in [0.15, 0.2) is 0 Å². The number of hydrogen-bond donors (Lipinski definition) is 0. The quantitative estimate of drug-likeness (QED) is 0.317. The third-order valence-corrected chi connectivity index (χ3v) is 6.39. The van der Waals surface area contributed by atoms with E-state index in [4.69, 9.17) is 9.47 Å². The number of rotatable bonds is 5. The van der Waals surface area contributed by atoms with Gasteiger partial charge >= 0.3 is 30.7 Å². The fourth-order valence-corrected chi connectivity index (χ4v) is 4.65. The largest absolute Gasteiger partial charge is 0.449 e. The van der Waals surface area contributed by atoms with E-state index in [2.05, 4.69) is 0 Å². The number of halogens is 9. The number of hydrogen-bond acceptors (Lipinski definition) is 4. The van der Waals surface area contributed by atoms with E-state index in [9.17, 15) is 49.1 Å². The predicted molar refractivity (Wildman–Crippen MR) is 131 cm³/mol. The minimum atomic E-state index is -5.15. The molecule has 2 aromatic rings. The second kappa shape index (κ2) is 11.9. The van der Waals surface area contributed by atoms with Gasteiger partial charge in [0, 0.05) is 12.6 Å². The summed E-state index contributed by atoms with van der Waals surface area (Å²) in [6.07, 6.45) is -18.2. The molecule has 6 nitrogen and oxygen atoms in total. The third-order valence-electron chi connectivity index (χ3n) is 6.39. The van der Waals surface area contributed by atoms with E-state index in [1.165, 1.54) is 27.7 Å². The van der Waals surface area contributed by atoms with Crippen molar-refractivity contribution in [2.24, 2.45) is 0 Å². The van der Waals surface area contributed by atoms with Gasteiger partial charge in [0.2, 0.25) is 0 Å². The van der Waals surface area contributed by atoms with Gasteiger partial charge in [-0.25, -0.2) is 9.59 Å². The highest BCUT2D eigenvalue weighted by molar-refractivity contribution is 5.90. The van der Waals surface area contributed by atoms with Gasteiger partial charge in [-0.15, -0.1) is 0 Å². The maximum Gasteiger partial charge on any atom is 0.416 e. The molecule has 1 aliphatic rings. The van der Waals surface area contributed by atoms with Gasteiger partial charge in [0.25, 0.3) is 0 Å². The van der Waals surface area contributed by atoms with Crippen LogP contribution in [0.5, 0.6) is 0 Å². The normalized spacial score (nSPS) is 17.6. The lowest BCUT2D eigenvalue weighted by molar-refractivity contribution is -0.143. The molecule has 1 heterocycles. The summed E-state index contributed by atoms with van der Waals surface area (Å²) in [6.45, 7) is 4.91. The highest BCUT2D eigenvalue weighted by atomic mass is 19.4. The number of anilines is 1. The minimum absolute atomic E-state index is 0.0159. The summed E-state index contributed by atoms with van der Waals surface area (Å²) in [5.41, 5.74) is -5.19. The van der Waals surface area contributed by atoms with Crippen LogP contribution in [0.1, 0.15) is 68.0 Å². The highest BCUT2D eigenvalue weighted by Gasteiger charge is 2.42. The molecule has 0 radical (unpaired) electrons. The van der Waals surface area contributed by atoms with Gasteiger partial charge in [-0.2, -0.15) is 39.5 Å². The van der Waals surface area contributed by atoms with E-state index in [0.29, 0.717) is 24.3 Å². The van der Waals surface area contributed by atoms with Crippen LogP contribution in [0.4, 0.5) is 54.8 Å². The molecular weight excluding hydrogens is 587 g/mol. The molecule has 2 aromatic carbocycles. The number of ether oxygens (including phenoxy) is 2. The molecule has 0 unspecified atom stereocenters. The molecule has 2 amide bonds. The Labute approximate surface area is 235 Å². The first-order valence-electron chi connectivity index (χ1n) is 12.7. The molecule has 0 saturated heterocycles. The average molecular weight is 615 g/mol. The first-order chi connectivity index (χ1) is 19.2. The molecule has 0 bridgehead atoms. The fourth-order valence-electron chi connectivity index (χ4n) is 4.65. The summed E-state index contributed by atoms with van der Waals surface area (Å²) in [5.74, 6) is 0. The smallest absolute Gasteiger partial charge is 0.416 e. The van der Waals surface area contributed by atoms with Crippen LogP contribution in [0.15, 0.2) is 36.4 Å². The van der Waals surface area contributed by atoms with Gasteiger partial charge in [-0.05, 0) is 75.6 Å². The summed E-state index contributed by atoms with van der Waals surface area (Å²) in [4.78, 5) is 27.8. The van der Waals surface area contributed by atoms with Crippen LogP contribution >= 0.6 is 0 Å². The number of amides is 2. The van der Waals surface area contributed by atoms with Crippen molar-refractivity contribution in [2.75, 3.05) is 11.5 Å². The molecule has 1 aliphatic heterocycles. The van der Waals surface area contributed by atoms with Crippen LogP contribution in [0.2, 0.25) is 0 Å². The van der Waals surface area contributed by atoms with Crippen molar-refractivity contribution in [1.29, 1.82) is 0 Å². The molecule has 0 fully saturated rings. The van der Waals surface area contributed by atoms with E-state index < -0.39 is 77.7 Å². The van der Waals surface area contributed by atoms with Crippen LogP contribution in [-0.2, 0) is 34.5 Å². The van der Waals surface area contributed by atoms with Gasteiger partial charge in [0.1, 0.15) is 0 Å². The molecule has 15 heteroatoms. The van der Waals surface area contributed by atoms with E-state index in [1.807, 2.05) is 0 Å². The molecule has 0 aromatic heterocycles. The third kappa shape index (κ3) is 7.40. The second-order valence-electron chi connectivity index (χ2n) is 9.92. The Bertz CT molecular complexity index is 1270. The monoisotopic (exact) mass is 614 g/mol. The Morgan fingerprint density at radius 3 is 1.93 bits per heavy atom. The standard InChI is InChI=1S/C27H27F9N2O4/c1-5-41-24(40)38-15(4)8-21(20-7-6-17(12-22(20)38)25(28,29)30)37(23(39)42-14(2)3)13-16-9-18(26(31,32)33)11-19(10-16)27(34,35)36/h6-7,9-12,14-15,21H,5,8,13H2,1-4H3/t15-,21+/m1/s1. The van der Waals surface area contributed by atoms with Gasteiger partial charge in [0.05, 0.1) is 41.1 Å².